The molecule has 19 heavy (non-hydrogen) atoms. The molecule has 1 fully saturated rings. The maximum Gasteiger partial charge on any atom is 0.0107 e. The summed E-state index contributed by atoms with van der Waals surface area (Å²) in [5.74, 6) is 0.654. The van der Waals surface area contributed by atoms with Crippen molar-refractivity contribution in [1.29, 1.82) is 0 Å². The molecule has 0 bridgehead atoms. The summed E-state index contributed by atoms with van der Waals surface area (Å²) in [6, 6.07) is 11.6. The number of benzene rings is 1. The molecule has 1 aliphatic heterocycles. The van der Waals surface area contributed by atoms with Gasteiger partial charge in [-0.15, -0.1) is 0 Å². The summed E-state index contributed by atoms with van der Waals surface area (Å²) in [6.07, 6.45) is 6.51. The van der Waals surface area contributed by atoms with Crippen molar-refractivity contribution in [3.8, 4) is 0 Å². The second-order valence-electron chi connectivity index (χ2n) is 5.86. The Morgan fingerprint density at radius 3 is 2.79 bits per heavy atom. The van der Waals surface area contributed by atoms with Crippen molar-refractivity contribution in [2.24, 2.45) is 5.73 Å². The van der Waals surface area contributed by atoms with Gasteiger partial charge in [0.2, 0.25) is 0 Å². The summed E-state index contributed by atoms with van der Waals surface area (Å²) in [7, 11) is 0. The van der Waals surface area contributed by atoms with Crippen LogP contribution in [0.15, 0.2) is 30.3 Å². The Morgan fingerprint density at radius 2 is 2.05 bits per heavy atom. The fourth-order valence-electron chi connectivity index (χ4n) is 3.18. The van der Waals surface area contributed by atoms with Gasteiger partial charge in [0.25, 0.3) is 0 Å². The van der Waals surface area contributed by atoms with Gasteiger partial charge in [-0.3, -0.25) is 0 Å². The molecule has 1 saturated heterocycles. The van der Waals surface area contributed by atoms with E-state index in [1.807, 2.05) is 0 Å². The summed E-state index contributed by atoms with van der Waals surface area (Å²) in [4.78, 5) is 2.68. The maximum atomic E-state index is 5.74. The van der Waals surface area contributed by atoms with E-state index in [9.17, 15) is 0 Å². The zero-order valence-electron chi connectivity index (χ0n) is 12.2. The molecule has 2 rings (SSSR count). The average molecular weight is 260 g/mol. The lowest BCUT2D eigenvalue weighted by Gasteiger charge is -2.36. The van der Waals surface area contributed by atoms with E-state index in [0.29, 0.717) is 5.92 Å². The molecular weight excluding hydrogens is 232 g/mol. The molecule has 0 aliphatic carbocycles. The SMILES string of the molecule is CC(CCN1CCCCC1CCN)c1ccccc1. The molecule has 2 atom stereocenters. The molecule has 0 amide bonds. The van der Waals surface area contributed by atoms with Crippen LogP contribution in [-0.4, -0.2) is 30.6 Å². The molecule has 0 saturated carbocycles. The Hall–Kier alpha value is -0.860. The molecule has 1 aromatic rings. The summed E-state index contributed by atoms with van der Waals surface area (Å²) in [5, 5.41) is 0. The van der Waals surface area contributed by atoms with Crippen LogP contribution < -0.4 is 5.73 Å². The Labute approximate surface area is 118 Å². The second kappa shape index (κ2) is 7.66. The van der Waals surface area contributed by atoms with E-state index in [-0.39, 0.29) is 0 Å². The highest BCUT2D eigenvalue weighted by molar-refractivity contribution is 5.18. The van der Waals surface area contributed by atoms with Gasteiger partial charge in [-0.2, -0.15) is 0 Å². The molecule has 2 heteroatoms. The molecule has 1 heterocycles. The molecule has 0 aromatic heterocycles. The van der Waals surface area contributed by atoms with Crippen LogP contribution in [-0.2, 0) is 0 Å². The number of piperidine rings is 1. The molecule has 2 nitrogen and oxygen atoms in total. The first-order valence-corrected chi connectivity index (χ1v) is 7.80. The minimum absolute atomic E-state index is 0.654. The largest absolute Gasteiger partial charge is 0.330 e. The fraction of sp³-hybridized carbons (Fsp3) is 0.647. The van der Waals surface area contributed by atoms with E-state index in [4.69, 9.17) is 5.73 Å². The normalized spacial score (nSPS) is 22.3. The van der Waals surface area contributed by atoms with Crippen molar-refractivity contribution in [1.82, 2.24) is 4.90 Å². The maximum absolute atomic E-state index is 5.74. The summed E-state index contributed by atoms with van der Waals surface area (Å²) < 4.78 is 0. The summed E-state index contributed by atoms with van der Waals surface area (Å²) >= 11 is 0. The number of rotatable bonds is 6. The van der Waals surface area contributed by atoms with Crippen molar-refractivity contribution in [2.45, 2.75) is 51.0 Å². The fourth-order valence-corrected chi connectivity index (χ4v) is 3.18. The van der Waals surface area contributed by atoms with Crippen LogP contribution >= 0.6 is 0 Å². The van der Waals surface area contributed by atoms with Gasteiger partial charge in [-0.05, 0) is 56.8 Å². The van der Waals surface area contributed by atoms with Crippen molar-refractivity contribution in [3.05, 3.63) is 35.9 Å². The van der Waals surface area contributed by atoms with Gasteiger partial charge in [0.1, 0.15) is 0 Å². The average Bonchev–Trinajstić information content (AvgIpc) is 2.47. The first-order chi connectivity index (χ1) is 9.31. The third-order valence-corrected chi connectivity index (χ3v) is 4.47. The van der Waals surface area contributed by atoms with Crippen LogP contribution in [0.2, 0.25) is 0 Å². The third kappa shape index (κ3) is 4.32. The number of likely N-dealkylation sites (tertiary alicyclic amines) is 1. The van der Waals surface area contributed by atoms with Crippen molar-refractivity contribution < 1.29 is 0 Å². The van der Waals surface area contributed by atoms with Crippen molar-refractivity contribution in [2.75, 3.05) is 19.6 Å². The van der Waals surface area contributed by atoms with Gasteiger partial charge in [0, 0.05) is 6.04 Å². The number of hydrogen-bond acceptors (Lipinski definition) is 2. The lowest BCUT2D eigenvalue weighted by Crippen LogP contribution is -2.41. The van der Waals surface area contributed by atoms with Gasteiger partial charge < -0.3 is 10.6 Å². The van der Waals surface area contributed by atoms with Gasteiger partial charge in [0.05, 0.1) is 0 Å². The predicted octanol–water partition coefficient (Wildman–Crippen LogP) is 3.38. The minimum atomic E-state index is 0.654. The number of hydrogen-bond donors (Lipinski definition) is 1. The van der Waals surface area contributed by atoms with Crippen LogP contribution in [0.3, 0.4) is 0 Å². The zero-order valence-corrected chi connectivity index (χ0v) is 12.2. The lowest BCUT2D eigenvalue weighted by molar-refractivity contribution is 0.138. The Bertz CT molecular complexity index is 348. The first kappa shape index (κ1) is 14.5. The van der Waals surface area contributed by atoms with Crippen LogP contribution in [0.5, 0.6) is 0 Å². The Kier molecular flexibility index (Phi) is 5.87. The van der Waals surface area contributed by atoms with Crippen LogP contribution in [0.4, 0.5) is 0 Å². The molecule has 0 spiro atoms. The minimum Gasteiger partial charge on any atom is -0.330 e. The molecule has 0 radical (unpaired) electrons. The number of nitrogens with two attached hydrogens (primary N) is 1. The van der Waals surface area contributed by atoms with Gasteiger partial charge in [0.15, 0.2) is 0 Å². The van der Waals surface area contributed by atoms with Crippen LogP contribution in [0, 0.1) is 0 Å². The van der Waals surface area contributed by atoms with E-state index in [1.165, 1.54) is 50.8 Å². The van der Waals surface area contributed by atoms with E-state index < -0.39 is 0 Å². The molecule has 106 valence electrons. The monoisotopic (exact) mass is 260 g/mol. The first-order valence-electron chi connectivity index (χ1n) is 7.80. The molecule has 2 N–H and O–H groups in total. The Morgan fingerprint density at radius 1 is 1.26 bits per heavy atom. The molecular formula is C17H28N2. The summed E-state index contributed by atoms with van der Waals surface area (Å²) in [5.41, 5.74) is 7.21. The molecule has 1 aromatic carbocycles. The summed E-state index contributed by atoms with van der Waals surface area (Å²) in [6.45, 7) is 5.67. The van der Waals surface area contributed by atoms with Gasteiger partial charge in [-0.1, -0.05) is 43.7 Å². The lowest BCUT2D eigenvalue weighted by atomic mass is 9.95. The van der Waals surface area contributed by atoms with E-state index in [2.05, 4.69) is 42.2 Å². The highest BCUT2D eigenvalue weighted by Gasteiger charge is 2.21. The topological polar surface area (TPSA) is 29.3 Å². The third-order valence-electron chi connectivity index (χ3n) is 4.47. The highest BCUT2D eigenvalue weighted by atomic mass is 15.2. The van der Waals surface area contributed by atoms with Gasteiger partial charge in [-0.25, -0.2) is 0 Å². The van der Waals surface area contributed by atoms with E-state index >= 15 is 0 Å². The standard InChI is InChI=1S/C17H28N2/c1-15(16-7-3-2-4-8-16)11-14-19-13-6-5-9-17(19)10-12-18/h2-4,7-8,15,17H,5-6,9-14,18H2,1H3. The van der Waals surface area contributed by atoms with Gasteiger partial charge >= 0.3 is 0 Å². The quantitative estimate of drug-likeness (QED) is 0.849. The Balaban J connectivity index is 1.83. The predicted molar refractivity (Wildman–Crippen MR) is 82.4 cm³/mol. The molecule has 2 unspecified atom stereocenters. The van der Waals surface area contributed by atoms with E-state index in [0.717, 1.165) is 12.6 Å². The second-order valence-corrected chi connectivity index (χ2v) is 5.86. The van der Waals surface area contributed by atoms with Crippen molar-refractivity contribution >= 4 is 0 Å². The van der Waals surface area contributed by atoms with Crippen LogP contribution in [0.1, 0.15) is 50.5 Å². The smallest absolute Gasteiger partial charge is 0.0107 e. The highest BCUT2D eigenvalue weighted by Crippen LogP contribution is 2.23. The van der Waals surface area contributed by atoms with Crippen LogP contribution in [0.25, 0.3) is 0 Å². The zero-order chi connectivity index (χ0) is 13.5. The van der Waals surface area contributed by atoms with Crippen molar-refractivity contribution in [3.63, 3.8) is 0 Å². The van der Waals surface area contributed by atoms with E-state index in [1.54, 1.807) is 0 Å². The number of nitrogens with zero attached hydrogens (tertiary/aromatic N) is 1. The molecule has 1 aliphatic rings.